The second-order valence-corrected chi connectivity index (χ2v) is 4.14. The number of nitrogens with zero attached hydrogens (tertiary/aromatic N) is 4. The Morgan fingerprint density at radius 1 is 0.828 bits per heavy atom. The molecule has 2 aromatic rings. The molecule has 0 aliphatic heterocycles. The molecular weight excluding hydrogens is 459 g/mol. The summed E-state index contributed by atoms with van der Waals surface area (Å²) in [5, 5.41) is 30.9. The Bertz CT molecular complexity index is 632. The fourth-order valence-electron chi connectivity index (χ4n) is 1.14. The van der Waals surface area contributed by atoms with Gasteiger partial charge in [0.15, 0.2) is 11.6 Å². The third-order valence-corrected chi connectivity index (χ3v) is 2.14. The van der Waals surface area contributed by atoms with Crippen molar-refractivity contribution in [1.29, 1.82) is 0 Å². The Morgan fingerprint density at radius 2 is 1.07 bits per heavy atom. The molecule has 160 valence electrons. The number of hydrogen-bond donors (Lipinski definition) is 2. The van der Waals surface area contributed by atoms with Gasteiger partial charge >= 0.3 is 16.5 Å². The Morgan fingerprint density at radius 3 is 1.17 bits per heavy atom. The van der Waals surface area contributed by atoms with Crippen molar-refractivity contribution in [1.82, 2.24) is 9.97 Å². The van der Waals surface area contributed by atoms with Gasteiger partial charge in [-0.05, 0) is 38.1 Å². The zero-order valence-corrected chi connectivity index (χ0v) is 18.9. The molecule has 2 rings (SSSR count). The van der Waals surface area contributed by atoms with Crippen LogP contribution in [0.2, 0.25) is 0 Å². The summed E-state index contributed by atoms with van der Waals surface area (Å²) < 4.78 is 0. The molecule has 0 amide bonds. The van der Waals surface area contributed by atoms with E-state index < -0.39 is 0 Å². The summed E-state index contributed by atoms with van der Waals surface area (Å²) >= 11 is 7.40. The molecule has 2 heterocycles. The fraction of sp³-hybridized carbons (Fsp3) is 0.222. The van der Waals surface area contributed by atoms with Gasteiger partial charge < -0.3 is 21.0 Å². The van der Waals surface area contributed by atoms with E-state index in [-0.39, 0.29) is 28.1 Å². The van der Waals surface area contributed by atoms with Crippen LogP contribution in [0.3, 0.4) is 0 Å². The van der Waals surface area contributed by atoms with Crippen LogP contribution in [-0.2, 0) is 16.5 Å². The predicted octanol–water partition coefficient (Wildman–Crippen LogP) is 3.10. The molecule has 0 aliphatic rings. The molecule has 0 spiro atoms. The van der Waals surface area contributed by atoms with Gasteiger partial charge in [0, 0.05) is 50.1 Å². The summed E-state index contributed by atoms with van der Waals surface area (Å²) in [6.07, 6.45) is 6.41. The van der Waals surface area contributed by atoms with E-state index in [0.717, 1.165) is 14.2 Å². The normalized spacial score (nSPS) is 6.55. The second kappa shape index (κ2) is 33.3. The number of aromatic nitrogens is 2. The van der Waals surface area contributed by atoms with Crippen LogP contribution in [-0.4, -0.2) is 56.3 Å². The van der Waals surface area contributed by atoms with Gasteiger partial charge in [0.1, 0.15) is 0 Å². The third kappa shape index (κ3) is 30.6. The molecule has 0 radical (unpaired) electrons. The number of carbonyl (C=O) groups excluding carboxylic acids is 2. The number of carbonyl (C=O) groups is 2. The minimum absolute atomic E-state index is 0. The minimum atomic E-state index is 0. The molecule has 2 aromatic heterocycles. The summed E-state index contributed by atoms with van der Waals surface area (Å²) in [4.78, 5) is 28.8. The number of isothiocyanates is 2. The average Bonchev–Trinajstić information content (AvgIpc) is 2.74. The number of Topliss-reactive ketones (excluding diaryl/α,β-unsaturated/α-hetero) is 2. The summed E-state index contributed by atoms with van der Waals surface area (Å²) in [6, 6.07) is 6.98. The average molecular weight is 481 g/mol. The van der Waals surface area contributed by atoms with E-state index >= 15 is 0 Å². The second-order valence-electron chi connectivity index (χ2n) is 3.78. The van der Waals surface area contributed by atoms with E-state index in [1.165, 1.54) is 24.2 Å². The summed E-state index contributed by atoms with van der Waals surface area (Å²) in [7, 11) is 2.00. The van der Waals surface area contributed by atoms with Gasteiger partial charge in [-0.3, -0.25) is 19.6 Å². The molecule has 29 heavy (non-hydrogen) atoms. The molecule has 8 nitrogen and oxygen atoms in total. The van der Waals surface area contributed by atoms with Crippen molar-refractivity contribution in [2.24, 2.45) is 0 Å². The van der Waals surface area contributed by atoms with Crippen LogP contribution < -0.4 is 0 Å². The maximum atomic E-state index is 10.6. The number of aliphatic hydroxyl groups is 2. The smallest absolute Gasteiger partial charge is 0.753 e. The number of thiocarbonyl (C=S) groups is 2. The van der Waals surface area contributed by atoms with Crippen molar-refractivity contribution in [2.75, 3.05) is 14.2 Å². The Balaban J connectivity index is -0.0000000902. The van der Waals surface area contributed by atoms with E-state index in [1.54, 1.807) is 49.1 Å². The van der Waals surface area contributed by atoms with Crippen LogP contribution in [0.4, 0.5) is 0 Å². The van der Waals surface area contributed by atoms with Crippen LogP contribution in [0.1, 0.15) is 34.6 Å². The first-order chi connectivity index (χ1) is 13.4. The zero-order valence-electron chi connectivity index (χ0n) is 16.3. The van der Waals surface area contributed by atoms with E-state index in [1.807, 2.05) is 0 Å². The first-order valence-corrected chi connectivity index (χ1v) is 8.00. The van der Waals surface area contributed by atoms with E-state index in [9.17, 15) is 9.59 Å². The Labute approximate surface area is 191 Å². The maximum absolute atomic E-state index is 10.6. The van der Waals surface area contributed by atoms with Crippen LogP contribution >= 0.6 is 24.4 Å². The van der Waals surface area contributed by atoms with Gasteiger partial charge in [-0.15, -0.1) is 0 Å². The van der Waals surface area contributed by atoms with Crippen molar-refractivity contribution in [3.63, 3.8) is 0 Å². The summed E-state index contributed by atoms with van der Waals surface area (Å²) in [5.41, 5.74) is 1.33. The largest absolute Gasteiger partial charge is 2.00 e. The standard InChI is InChI=1S/2C7H7NO.2CNS.2CH4O.Ni/c2*1-6(9)7-3-2-4-8-5-7;2*2-1-3;2*1-2;/h2*2-5H,1H3;;;2*2H,1H3;/q;;2*-1;;;+2. The molecule has 0 unspecified atom stereocenters. The molecule has 0 fully saturated rings. The maximum Gasteiger partial charge on any atom is 2.00 e. The number of ketones is 2. The van der Waals surface area contributed by atoms with Crippen LogP contribution in [0.15, 0.2) is 49.1 Å². The molecule has 0 aromatic carbocycles. The topological polar surface area (TPSA) is 145 Å². The van der Waals surface area contributed by atoms with Crippen molar-refractivity contribution < 1.29 is 36.3 Å². The Hall–Kier alpha value is -2.35. The van der Waals surface area contributed by atoms with Gasteiger partial charge in [-0.1, -0.05) is 24.4 Å². The molecule has 0 saturated heterocycles. The zero-order chi connectivity index (χ0) is 22.8. The third-order valence-electron chi connectivity index (χ3n) is 2.14. The predicted molar refractivity (Wildman–Crippen MR) is 117 cm³/mol. The minimum Gasteiger partial charge on any atom is -0.753 e. The summed E-state index contributed by atoms with van der Waals surface area (Å²) in [5.74, 6) is 0.117. The van der Waals surface area contributed by atoms with Crippen LogP contribution in [0, 0.1) is 0 Å². The molecule has 11 heteroatoms. The van der Waals surface area contributed by atoms with E-state index in [4.69, 9.17) is 21.0 Å². The molecule has 0 aliphatic carbocycles. The Kier molecular flexibility index (Phi) is 42.9. The molecule has 0 bridgehead atoms. The van der Waals surface area contributed by atoms with Gasteiger partial charge in [-0.25, -0.2) is 0 Å². The summed E-state index contributed by atoms with van der Waals surface area (Å²) in [6.45, 7) is 3.05. The van der Waals surface area contributed by atoms with Gasteiger partial charge in [0.25, 0.3) is 0 Å². The number of hydrogen-bond acceptors (Lipinski definition) is 8. The van der Waals surface area contributed by atoms with Gasteiger partial charge in [0.2, 0.25) is 0 Å². The number of aliphatic hydroxyl groups excluding tert-OH is 2. The van der Waals surface area contributed by atoms with Gasteiger partial charge in [0.05, 0.1) is 0 Å². The van der Waals surface area contributed by atoms with Crippen molar-refractivity contribution in [2.45, 2.75) is 13.8 Å². The first-order valence-electron chi connectivity index (χ1n) is 7.18. The first kappa shape index (κ1) is 37.4. The quantitative estimate of drug-likeness (QED) is 0.288. The van der Waals surface area contributed by atoms with Crippen molar-refractivity contribution in [3.05, 3.63) is 71.0 Å². The molecule has 2 N–H and O–H groups in total. The molecular formula is C18H22N4NiO4S2. The van der Waals surface area contributed by atoms with E-state index in [2.05, 4.69) is 34.4 Å². The van der Waals surface area contributed by atoms with E-state index in [0.29, 0.717) is 11.1 Å². The fourth-order valence-corrected chi connectivity index (χ4v) is 1.14. The van der Waals surface area contributed by atoms with Crippen LogP contribution in [0.5, 0.6) is 0 Å². The van der Waals surface area contributed by atoms with Gasteiger partial charge in [-0.2, -0.15) is 10.3 Å². The monoisotopic (exact) mass is 480 g/mol. The van der Waals surface area contributed by atoms with Crippen molar-refractivity contribution >= 4 is 46.3 Å². The molecule has 0 saturated carbocycles. The van der Waals surface area contributed by atoms with Crippen molar-refractivity contribution in [3.8, 4) is 0 Å². The SMILES string of the molecule is CC(=O)c1cccnc1.CC(=O)c1cccnc1.CO.CO.[N-]=C=S.[N-]=C=S.[Ni+2]. The van der Waals surface area contributed by atoms with Crippen LogP contribution in [0.25, 0.3) is 10.8 Å². The number of rotatable bonds is 2. The number of pyridine rings is 2. The molecule has 0 atom stereocenters.